The van der Waals surface area contributed by atoms with Gasteiger partial charge in [-0.3, -0.25) is 4.90 Å². The van der Waals surface area contributed by atoms with Crippen molar-refractivity contribution in [3.8, 4) is 11.5 Å². The van der Waals surface area contributed by atoms with Gasteiger partial charge >= 0.3 is 0 Å². The van der Waals surface area contributed by atoms with E-state index in [0.29, 0.717) is 0 Å². The van der Waals surface area contributed by atoms with Gasteiger partial charge in [-0.25, -0.2) is 5.01 Å². The molecule has 0 N–H and O–H groups in total. The summed E-state index contributed by atoms with van der Waals surface area (Å²) in [5.74, 6) is 1.60. The molecule has 32 heavy (non-hydrogen) atoms. The van der Waals surface area contributed by atoms with Crippen LogP contribution in [0.3, 0.4) is 0 Å². The quantitative estimate of drug-likeness (QED) is 0.556. The molecule has 3 aromatic rings. The lowest BCUT2D eigenvalue weighted by molar-refractivity contribution is 0.150. The van der Waals surface area contributed by atoms with E-state index in [9.17, 15) is 0 Å². The van der Waals surface area contributed by atoms with Gasteiger partial charge in [0.15, 0.2) is 0 Å². The molecule has 2 aliphatic heterocycles. The Bertz CT molecular complexity index is 1160. The molecule has 0 aliphatic carbocycles. The third-order valence-electron chi connectivity index (χ3n) is 6.39. The third-order valence-corrected chi connectivity index (χ3v) is 6.39. The highest BCUT2D eigenvalue weighted by Gasteiger charge is 2.35. The fraction of sp³-hybridized carbons (Fsp3) is 0.269. The lowest BCUT2D eigenvalue weighted by atomic mass is 9.88. The van der Waals surface area contributed by atoms with Crippen molar-refractivity contribution in [2.24, 2.45) is 5.10 Å². The van der Waals surface area contributed by atoms with Crippen LogP contribution < -0.4 is 14.6 Å². The fourth-order valence-electron chi connectivity index (χ4n) is 4.26. The zero-order chi connectivity index (χ0) is 22.3. The van der Waals surface area contributed by atoms with Crippen LogP contribution in [0.2, 0.25) is 0 Å². The number of benzene rings is 3. The predicted octanol–water partition coefficient (Wildman–Crippen LogP) is 5.41. The molecule has 3 aromatic carbocycles. The van der Waals surface area contributed by atoms with Crippen molar-refractivity contribution < 1.29 is 4.74 Å². The zero-order valence-corrected chi connectivity index (χ0v) is 19.1. The minimum atomic E-state index is -0.0201. The highest BCUT2D eigenvalue weighted by Crippen LogP contribution is 2.42. The molecule has 2 heterocycles. The Morgan fingerprint density at radius 1 is 0.812 bits per heavy atom. The molecule has 0 spiro atoms. The number of rotatable bonds is 4. The van der Waals surface area contributed by atoms with Crippen LogP contribution in [0.1, 0.15) is 19.4 Å². The molecule has 0 atom stereocenters. The average Bonchev–Trinajstić information content (AvgIpc) is 3.23. The largest absolute Gasteiger partial charge is 0.457 e. The van der Waals surface area contributed by atoms with Gasteiger partial charge in [0.25, 0.3) is 0 Å². The van der Waals surface area contributed by atoms with Gasteiger partial charge in [-0.05, 0) is 56.8 Å². The molecular weight excluding hydrogens is 398 g/mol. The van der Waals surface area contributed by atoms with Crippen LogP contribution in [0.15, 0.2) is 77.9 Å². The van der Waals surface area contributed by atoms with Crippen LogP contribution >= 0.6 is 0 Å². The lowest BCUT2D eigenvalue weighted by Gasteiger charge is -2.47. The van der Waals surface area contributed by atoms with Crippen LogP contribution in [-0.4, -0.2) is 43.6 Å². The first kappa shape index (κ1) is 20.4. The molecule has 0 saturated carbocycles. The minimum Gasteiger partial charge on any atom is -0.457 e. The first-order valence-corrected chi connectivity index (χ1v) is 10.9. The van der Waals surface area contributed by atoms with E-state index in [4.69, 9.17) is 4.74 Å². The summed E-state index contributed by atoms with van der Waals surface area (Å²) in [7, 11) is 4.18. The minimum absolute atomic E-state index is 0.0201. The standard InChI is InChI=1S/C26H29N5O/c1-26(2)24-13-5-6-14-25(24)30(19-29(26)4)20-9-7-11-22(15-20)32-23-12-8-10-21(16-23)31-18-28(3)17-27-31/h5-17H,18-19H2,1-4H3. The topological polar surface area (TPSA) is 34.6 Å². The van der Waals surface area contributed by atoms with Gasteiger partial charge < -0.3 is 14.5 Å². The molecule has 164 valence electrons. The number of nitrogens with zero attached hydrogens (tertiary/aromatic N) is 5. The SMILES string of the molecule is CN1C=NN(c2cccc(Oc3cccc(N4CN(C)C(C)(C)c5ccccc54)c3)c2)C1. The first-order valence-electron chi connectivity index (χ1n) is 10.9. The predicted molar refractivity (Wildman–Crippen MR) is 131 cm³/mol. The number of hydrogen-bond donors (Lipinski definition) is 0. The Hall–Kier alpha value is -3.51. The molecule has 0 unspecified atom stereocenters. The Balaban J connectivity index is 1.42. The summed E-state index contributed by atoms with van der Waals surface area (Å²) >= 11 is 0. The van der Waals surface area contributed by atoms with Crippen molar-refractivity contribution in [2.45, 2.75) is 19.4 Å². The summed E-state index contributed by atoms with van der Waals surface area (Å²) in [5, 5.41) is 6.37. The Morgan fingerprint density at radius 2 is 1.50 bits per heavy atom. The van der Waals surface area contributed by atoms with Crippen molar-refractivity contribution in [1.82, 2.24) is 9.80 Å². The molecule has 0 fully saturated rings. The fourth-order valence-corrected chi connectivity index (χ4v) is 4.26. The summed E-state index contributed by atoms with van der Waals surface area (Å²) < 4.78 is 6.26. The highest BCUT2D eigenvalue weighted by atomic mass is 16.5. The number of hydrogen-bond acceptors (Lipinski definition) is 6. The van der Waals surface area contributed by atoms with Crippen molar-refractivity contribution in [1.29, 1.82) is 0 Å². The maximum absolute atomic E-state index is 6.26. The van der Waals surface area contributed by atoms with Crippen LogP contribution in [0, 0.1) is 0 Å². The van der Waals surface area contributed by atoms with Crippen LogP contribution in [0.4, 0.5) is 17.1 Å². The van der Waals surface area contributed by atoms with E-state index in [2.05, 4.69) is 78.3 Å². The van der Waals surface area contributed by atoms with Gasteiger partial charge in [0.2, 0.25) is 0 Å². The molecule has 0 bridgehead atoms. The average molecular weight is 428 g/mol. The Morgan fingerprint density at radius 3 is 2.22 bits per heavy atom. The van der Waals surface area contributed by atoms with Crippen molar-refractivity contribution >= 4 is 23.4 Å². The van der Waals surface area contributed by atoms with Gasteiger partial charge in [-0.1, -0.05) is 30.3 Å². The summed E-state index contributed by atoms with van der Waals surface area (Å²) in [5.41, 5.74) is 4.66. The van der Waals surface area contributed by atoms with E-state index >= 15 is 0 Å². The monoisotopic (exact) mass is 427 g/mol. The van der Waals surface area contributed by atoms with E-state index < -0.39 is 0 Å². The van der Waals surface area contributed by atoms with Crippen LogP contribution in [-0.2, 0) is 5.54 Å². The van der Waals surface area contributed by atoms with E-state index in [1.54, 1.807) is 0 Å². The summed E-state index contributed by atoms with van der Waals surface area (Å²) in [6.07, 6.45) is 1.83. The number of ether oxygens (including phenoxy) is 1. The third kappa shape index (κ3) is 3.67. The summed E-state index contributed by atoms with van der Waals surface area (Å²) in [6.45, 7) is 6.09. The lowest BCUT2D eigenvalue weighted by Crippen LogP contribution is -2.49. The smallest absolute Gasteiger partial charge is 0.129 e. The molecular formula is C26H29N5O. The molecule has 5 rings (SSSR count). The molecule has 0 radical (unpaired) electrons. The second kappa shape index (κ2) is 7.88. The normalized spacial score (nSPS) is 17.6. The van der Waals surface area contributed by atoms with Crippen molar-refractivity contribution in [3.63, 3.8) is 0 Å². The highest BCUT2D eigenvalue weighted by molar-refractivity contribution is 5.70. The molecule has 0 amide bonds. The van der Waals surface area contributed by atoms with Gasteiger partial charge in [0, 0.05) is 36.1 Å². The molecule has 2 aliphatic rings. The maximum atomic E-state index is 6.26. The number of para-hydroxylation sites is 1. The van der Waals surface area contributed by atoms with Gasteiger partial charge in [0.05, 0.1) is 12.4 Å². The molecule has 0 saturated heterocycles. The number of fused-ring (bicyclic) bond motifs is 1. The molecule has 6 nitrogen and oxygen atoms in total. The van der Waals surface area contributed by atoms with Gasteiger partial charge in [-0.15, -0.1) is 0 Å². The maximum Gasteiger partial charge on any atom is 0.129 e. The summed E-state index contributed by atoms with van der Waals surface area (Å²) in [6, 6.07) is 25.0. The number of hydrazone groups is 1. The van der Waals surface area contributed by atoms with E-state index in [1.807, 2.05) is 53.6 Å². The van der Waals surface area contributed by atoms with Crippen LogP contribution in [0.25, 0.3) is 0 Å². The molecule has 6 heteroatoms. The van der Waals surface area contributed by atoms with E-state index in [0.717, 1.165) is 36.2 Å². The zero-order valence-electron chi connectivity index (χ0n) is 19.1. The van der Waals surface area contributed by atoms with Crippen LogP contribution in [0.5, 0.6) is 11.5 Å². The Labute approximate surface area is 189 Å². The summed E-state index contributed by atoms with van der Waals surface area (Å²) in [4.78, 5) is 6.75. The van der Waals surface area contributed by atoms with E-state index in [1.165, 1.54) is 11.3 Å². The van der Waals surface area contributed by atoms with E-state index in [-0.39, 0.29) is 5.54 Å². The number of anilines is 3. The second-order valence-corrected chi connectivity index (χ2v) is 8.97. The van der Waals surface area contributed by atoms with Gasteiger partial charge in [0.1, 0.15) is 24.5 Å². The van der Waals surface area contributed by atoms with Crippen molar-refractivity contribution in [2.75, 3.05) is 37.3 Å². The van der Waals surface area contributed by atoms with Crippen molar-refractivity contribution in [3.05, 3.63) is 78.4 Å². The molecule has 0 aromatic heterocycles. The van der Waals surface area contributed by atoms with Gasteiger partial charge in [-0.2, -0.15) is 5.10 Å². The second-order valence-electron chi connectivity index (χ2n) is 8.97. The first-order chi connectivity index (χ1) is 15.4. The Kier molecular flexibility index (Phi) is 5.02.